The zero-order valence-corrected chi connectivity index (χ0v) is 11.6. The Labute approximate surface area is 117 Å². The van der Waals surface area contributed by atoms with Crippen LogP contribution in [0.15, 0.2) is 30.3 Å². The second kappa shape index (κ2) is 6.14. The number of hydrogen-bond donors (Lipinski definition) is 1. The minimum absolute atomic E-state index is 0.0136. The summed E-state index contributed by atoms with van der Waals surface area (Å²) < 4.78 is 37.8. The summed E-state index contributed by atoms with van der Waals surface area (Å²) in [6, 6.07) is 9.40. The molecule has 0 amide bonds. The maximum absolute atomic E-state index is 12.6. The van der Waals surface area contributed by atoms with Crippen LogP contribution in [-0.2, 0) is 0 Å². The quantitative estimate of drug-likeness (QED) is 0.869. The molecule has 1 aromatic carbocycles. The topological polar surface area (TPSA) is 29.3 Å². The van der Waals surface area contributed by atoms with E-state index >= 15 is 0 Å². The summed E-state index contributed by atoms with van der Waals surface area (Å²) in [6.07, 6.45) is -2.41. The average Bonchev–Trinajstić information content (AvgIpc) is 3.20. The van der Waals surface area contributed by atoms with Gasteiger partial charge >= 0.3 is 6.18 Å². The van der Waals surface area contributed by atoms with E-state index in [1.165, 1.54) is 4.90 Å². The SMILES string of the molecule is CC(CN(CC(F)(F)F)C1CC1)C(N)c1ccccc1. The van der Waals surface area contributed by atoms with Crippen LogP contribution < -0.4 is 5.73 Å². The van der Waals surface area contributed by atoms with Crippen LogP contribution >= 0.6 is 0 Å². The molecule has 1 aliphatic carbocycles. The number of benzene rings is 1. The molecule has 0 aliphatic heterocycles. The lowest BCUT2D eigenvalue weighted by atomic mass is 9.95. The molecule has 5 heteroatoms. The molecule has 112 valence electrons. The van der Waals surface area contributed by atoms with Gasteiger partial charge in [0.2, 0.25) is 0 Å². The largest absolute Gasteiger partial charge is 0.401 e. The Bertz CT molecular complexity index is 415. The van der Waals surface area contributed by atoms with Crippen molar-refractivity contribution in [3.63, 3.8) is 0 Å². The summed E-state index contributed by atoms with van der Waals surface area (Å²) in [7, 11) is 0. The van der Waals surface area contributed by atoms with Crippen LogP contribution in [0.25, 0.3) is 0 Å². The van der Waals surface area contributed by atoms with Crippen molar-refractivity contribution in [2.45, 2.75) is 38.0 Å². The van der Waals surface area contributed by atoms with E-state index in [2.05, 4.69) is 0 Å². The van der Waals surface area contributed by atoms with Crippen LogP contribution in [0.5, 0.6) is 0 Å². The lowest BCUT2D eigenvalue weighted by Gasteiger charge is -2.29. The first kappa shape index (κ1) is 15.3. The Morgan fingerprint density at radius 3 is 2.35 bits per heavy atom. The van der Waals surface area contributed by atoms with E-state index in [9.17, 15) is 13.2 Å². The fourth-order valence-electron chi connectivity index (χ4n) is 2.50. The normalized spacial score (nSPS) is 19.1. The molecule has 1 aromatic rings. The maximum atomic E-state index is 12.6. The van der Waals surface area contributed by atoms with Crippen LogP contribution in [0.4, 0.5) is 13.2 Å². The molecule has 2 rings (SSSR count). The number of alkyl halides is 3. The van der Waals surface area contributed by atoms with Gasteiger partial charge in [-0.1, -0.05) is 37.3 Å². The Morgan fingerprint density at radius 1 is 1.25 bits per heavy atom. The molecular formula is C15H21F3N2. The third kappa shape index (κ3) is 4.49. The van der Waals surface area contributed by atoms with E-state index in [0.717, 1.165) is 18.4 Å². The molecule has 1 aliphatic rings. The zero-order chi connectivity index (χ0) is 14.8. The van der Waals surface area contributed by atoms with E-state index in [1.807, 2.05) is 37.3 Å². The maximum Gasteiger partial charge on any atom is 0.401 e. The van der Waals surface area contributed by atoms with Gasteiger partial charge in [0.1, 0.15) is 0 Å². The van der Waals surface area contributed by atoms with Gasteiger partial charge in [-0.2, -0.15) is 13.2 Å². The van der Waals surface area contributed by atoms with Gasteiger partial charge in [0, 0.05) is 18.6 Å². The van der Waals surface area contributed by atoms with Gasteiger partial charge in [-0.15, -0.1) is 0 Å². The van der Waals surface area contributed by atoms with Crippen LogP contribution in [-0.4, -0.2) is 30.2 Å². The molecule has 0 aromatic heterocycles. The van der Waals surface area contributed by atoms with Crippen molar-refractivity contribution in [1.82, 2.24) is 4.90 Å². The van der Waals surface area contributed by atoms with Gasteiger partial charge in [-0.3, -0.25) is 4.90 Å². The Kier molecular flexibility index (Phi) is 4.70. The van der Waals surface area contributed by atoms with E-state index < -0.39 is 12.7 Å². The molecule has 1 saturated carbocycles. The highest BCUT2D eigenvalue weighted by molar-refractivity contribution is 5.19. The Balaban J connectivity index is 1.96. The zero-order valence-electron chi connectivity index (χ0n) is 11.6. The highest BCUT2D eigenvalue weighted by Gasteiger charge is 2.38. The standard InChI is InChI=1S/C15H21F3N2/c1-11(14(19)12-5-3-2-4-6-12)9-20(13-7-8-13)10-15(16,17)18/h2-6,11,13-14H,7-10,19H2,1H3. The Morgan fingerprint density at radius 2 is 1.85 bits per heavy atom. The Hall–Kier alpha value is -1.07. The molecule has 1 fully saturated rings. The van der Waals surface area contributed by atoms with Crippen LogP contribution in [0.1, 0.15) is 31.4 Å². The van der Waals surface area contributed by atoms with Gasteiger partial charge in [0.05, 0.1) is 6.54 Å². The summed E-state index contributed by atoms with van der Waals surface area (Å²) in [6.45, 7) is 1.48. The van der Waals surface area contributed by atoms with Gasteiger partial charge in [0.25, 0.3) is 0 Å². The number of nitrogens with zero attached hydrogens (tertiary/aromatic N) is 1. The van der Waals surface area contributed by atoms with Gasteiger partial charge < -0.3 is 5.73 Å². The third-order valence-electron chi connectivity index (χ3n) is 3.77. The van der Waals surface area contributed by atoms with Crippen molar-refractivity contribution in [3.8, 4) is 0 Å². The summed E-state index contributed by atoms with van der Waals surface area (Å²) in [5.41, 5.74) is 7.14. The molecule has 0 spiro atoms. The second-order valence-corrected chi connectivity index (χ2v) is 5.69. The van der Waals surface area contributed by atoms with Crippen molar-refractivity contribution in [1.29, 1.82) is 0 Å². The fourth-order valence-corrected chi connectivity index (χ4v) is 2.50. The molecule has 2 unspecified atom stereocenters. The molecule has 2 N–H and O–H groups in total. The minimum Gasteiger partial charge on any atom is -0.324 e. The smallest absolute Gasteiger partial charge is 0.324 e. The molecule has 2 atom stereocenters. The first-order chi connectivity index (χ1) is 9.37. The third-order valence-corrected chi connectivity index (χ3v) is 3.77. The first-order valence-electron chi connectivity index (χ1n) is 6.98. The lowest BCUT2D eigenvalue weighted by Crippen LogP contribution is -2.40. The van der Waals surface area contributed by atoms with E-state index in [4.69, 9.17) is 5.73 Å². The predicted molar refractivity (Wildman–Crippen MR) is 73.2 cm³/mol. The van der Waals surface area contributed by atoms with Crippen molar-refractivity contribution in [2.75, 3.05) is 13.1 Å². The highest BCUT2D eigenvalue weighted by atomic mass is 19.4. The number of nitrogens with two attached hydrogens (primary N) is 1. The molecule has 2 nitrogen and oxygen atoms in total. The van der Waals surface area contributed by atoms with E-state index in [1.54, 1.807) is 0 Å². The minimum atomic E-state index is -4.14. The predicted octanol–water partition coefficient (Wildman–Crippen LogP) is 3.35. The lowest BCUT2D eigenvalue weighted by molar-refractivity contribution is -0.148. The van der Waals surface area contributed by atoms with Crippen molar-refractivity contribution < 1.29 is 13.2 Å². The highest BCUT2D eigenvalue weighted by Crippen LogP contribution is 2.32. The molecule has 20 heavy (non-hydrogen) atoms. The number of halogens is 3. The molecule has 0 radical (unpaired) electrons. The summed E-state index contributed by atoms with van der Waals surface area (Å²) in [5.74, 6) is -0.0136. The average molecular weight is 286 g/mol. The van der Waals surface area contributed by atoms with Crippen LogP contribution in [0, 0.1) is 5.92 Å². The van der Waals surface area contributed by atoms with Gasteiger partial charge in [-0.25, -0.2) is 0 Å². The monoisotopic (exact) mass is 286 g/mol. The molecule has 0 saturated heterocycles. The fraction of sp³-hybridized carbons (Fsp3) is 0.600. The summed E-state index contributed by atoms with van der Waals surface area (Å²) in [5, 5.41) is 0. The van der Waals surface area contributed by atoms with E-state index in [0.29, 0.717) is 6.54 Å². The van der Waals surface area contributed by atoms with Crippen LogP contribution in [0.2, 0.25) is 0 Å². The molecule has 0 bridgehead atoms. The molecular weight excluding hydrogens is 265 g/mol. The van der Waals surface area contributed by atoms with Crippen molar-refractivity contribution >= 4 is 0 Å². The van der Waals surface area contributed by atoms with E-state index in [-0.39, 0.29) is 18.0 Å². The summed E-state index contributed by atoms with van der Waals surface area (Å²) >= 11 is 0. The number of rotatable bonds is 6. The molecule has 0 heterocycles. The second-order valence-electron chi connectivity index (χ2n) is 5.69. The van der Waals surface area contributed by atoms with Crippen molar-refractivity contribution in [3.05, 3.63) is 35.9 Å². The van der Waals surface area contributed by atoms with Gasteiger partial charge in [-0.05, 0) is 24.3 Å². The van der Waals surface area contributed by atoms with Crippen molar-refractivity contribution in [2.24, 2.45) is 11.7 Å². The summed E-state index contributed by atoms with van der Waals surface area (Å²) in [4.78, 5) is 1.54. The first-order valence-corrected chi connectivity index (χ1v) is 6.98. The van der Waals surface area contributed by atoms with Crippen LogP contribution in [0.3, 0.4) is 0 Å². The van der Waals surface area contributed by atoms with Gasteiger partial charge in [0.15, 0.2) is 0 Å². The number of hydrogen-bond acceptors (Lipinski definition) is 2.